The minimum Gasteiger partial charge on any atom is -0.326 e. The molecule has 0 bridgehead atoms. The van der Waals surface area contributed by atoms with Crippen molar-refractivity contribution >= 4 is 5.91 Å². The predicted octanol–water partition coefficient (Wildman–Crippen LogP) is 3.54. The van der Waals surface area contributed by atoms with E-state index in [2.05, 4.69) is 31.0 Å². The highest BCUT2D eigenvalue weighted by Crippen LogP contribution is 2.30. The maximum atomic E-state index is 12.6. The van der Waals surface area contributed by atoms with Crippen molar-refractivity contribution in [3.63, 3.8) is 0 Å². The number of unbranched alkanes of at least 4 members (excludes halogenated alkanes) is 1. The van der Waals surface area contributed by atoms with E-state index in [4.69, 9.17) is 0 Å². The Bertz CT molecular complexity index is 310. The van der Waals surface area contributed by atoms with Gasteiger partial charge in [-0.1, -0.05) is 46.5 Å². The van der Waals surface area contributed by atoms with E-state index in [-0.39, 0.29) is 12.2 Å². The van der Waals surface area contributed by atoms with Crippen molar-refractivity contribution in [3.05, 3.63) is 0 Å². The number of nitrogens with one attached hydrogen (secondary N) is 1. The quantitative estimate of drug-likeness (QED) is 0.807. The van der Waals surface area contributed by atoms with Crippen LogP contribution in [0.1, 0.15) is 72.1 Å². The Morgan fingerprint density at radius 2 is 1.90 bits per heavy atom. The lowest BCUT2D eigenvalue weighted by molar-refractivity contribution is -0.131. The molecule has 0 aromatic rings. The summed E-state index contributed by atoms with van der Waals surface area (Å²) in [5.41, 5.74) is 0. The van der Waals surface area contributed by atoms with E-state index in [0.29, 0.717) is 5.91 Å². The molecular formula is C17H32N2O. The second-order valence-electron chi connectivity index (χ2n) is 6.90. The van der Waals surface area contributed by atoms with Crippen LogP contribution in [0.2, 0.25) is 0 Å². The third-order valence-electron chi connectivity index (χ3n) is 5.17. The Labute approximate surface area is 124 Å². The molecule has 1 aliphatic heterocycles. The van der Waals surface area contributed by atoms with Gasteiger partial charge in [0.1, 0.15) is 0 Å². The molecule has 1 N–H and O–H groups in total. The third kappa shape index (κ3) is 3.75. The number of hydrogen-bond donors (Lipinski definition) is 1. The second kappa shape index (κ2) is 7.44. The van der Waals surface area contributed by atoms with Gasteiger partial charge in [-0.2, -0.15) is 0 Å². The van der Waals surface area contributed by atoms with Crippen LogP contribution < -0.4 is 5.32 Å². The summed E-state index contributed by atoms with van der Waals surface area (Å²) >= 11 is 0. The fourth-order valence-corrected chi connectivity index (χ4v) is 3.71. The molecule has 3 heteroatoms. The molecule has 1 amide bonds. The van der Waals surface area contributed by atoms with Gasteiger partial charge in [-0.05, 0) is 37.5 Å². The molecule has 2 fully saturated rings. The first-order valence-electron chi connectivity index (χ1n) is 8.72. The summed E-state index contributed by atoms with van der Waals surface area (Å²) in [7, 11) is 0. The highest BCUT2D eigenvalue weighted by Gasteiger charge is 2.38. The van der Waals surface area contributed by atoms with Gasteiger partial charge >= 0.3 is 0 Å². The van der Waals surface area contributed by atoms with Crippen LogP contribution in [0.4, 0.5) is 0 Å². The van der Waals surface area contributed by atoms with E-state index < -0.39 is 0 Å². The normalized spacial score (nSPS) is 34.8. The van der Waals surface area contributed by atoms with E-state index in [1.165, 1.54) is 32.1 Å². The number of carbonyl (C=O) groups is 1. The highest BCUT2D eigenvalue weighted by molar-refractivity contribution is 5.84. The molecule has 1 heterocycles. The van der Waals surface area contributed by atoms with Crippen LogP contribution in [0.15, 0.2) is 0 Å². The van der Waals surface area contributed by atoms with Gasteiger partial charge in [-0.15, -0.1) is 0 Å². The molecule has 2 unspecified atom stereocenters. The average Bonchev–Trinajstić information content (AvgIpc) is 2.75. The standard InChI is InChI=1S/C17H32N2O/c1-4-6-7-15-17(20)19(16(5-2)18-15)12-14-10-8-13(3)9-11-14/h13-16,18H,4-12H2,1-3H3. The van der Waals surface area contributed by atoms with Crippen molar-refractivity contribution in [1.29, 1.82) is 0 Å². The average molecular weight is 280 g/mol. The summed E-state index contributed by atoms with van der Waals surface area (Å²) in [6.07, 6.45) is 9.93. The van der Waals surface area contributed by atoms with Gasteiger partial charge in [-0.25, -0.2) is 0 Å². The Kier molecular flexibility index (Phi) is 5.88. The number of hydrogen-bond acceptors (Lipinski definition) is 2. The van der Waals surface area contributed by atoms with Crippen molar-refractivity contribution in [2.45, 2.75) is 84.3 Å². The number of carbonyl (C=O) groups excluding carboxylic acids is 1. The molecule has 0 spiro atoms. The lowest BCUT2D eigenvalue weighted by Crippen LogP contribution is -2.40. The fourth-order valence-electron chi connectivity index (χ4n) is 3.71. The van der Waals surface area contributed by atoms with Crippen LogP contribution >= 0.6 is 0 Å². The van der Waals surface area contributed by atoms with Crippen molar-refractivity contribution in [1.82, 2.24) is 10.2 Å². The fraction of sp³-hybridized carbons (Fsp3) is 0.941. The monoisotopic (exact) mass is 280 g/mol. The SMILES string of the molecule is CCCCC1NC(CC)N(CC2CCC(C)CC2)C1=O. The molecule has 116 valence electrons. The van der Waals surface area contributed by atoms with Gasteiger partial charge in [0.15, 0.2) is 0 Å². The highest BCUT2D eigenvalue weighted by atomic mass is 16.2. The minimum absolute atomic E-state index is 0.0856. The van der Waals surface area contributed by atoms with Gasteiger partial charge in [0, 0.05) is 6.54 Å². The molecule has 1 saturated carbocycles. The molecule has 20 heavy (non-hydrogen) atoms. The van der Waals surface area contributed by atoms with Crippen LogP contribution in [0.3, 0.4) is 0 Å². The maximum Gasteiger partial charge on any atom is 0.241 e. The third-order valence-corrected chi connectivity index (χ3v) is 5.17. The predicted molar refractivity (Wildman–Crippen MR) is 83.4 cm³/mol. The first kappa shape index (κ1) is 15.8. The molecule has 1 saturated heterocycles. The number of rotatable bonds is 6. The zero-order valence-electron chi connectivity index (χ0n) is 13.5. The van der Waals surface area contributed by atoms with Crippen molar-refractivity contribution < 1.29 is 4.79 Å². The molecular weight excluding hydrogens is 248 g/mol. The Hall–Kier alpha value is -0.570. The Balaban J connectivity index is 1.89. The molecule has 3 nitrogen and oxygen atoms in total. The molecule has 2 atom stereocenters. The largest absolute Gasteiger partial charge is 0.326 e. The van der Waals surface area contributed by atoms with E-state index in [1.54, 1.807) is 0 Å². The molecule has 0 radical (unpaired) electrons. The van der Waals surface area contributed by atoms with Crippen molar-refractivity contribution in [2.24, 2.45) is 11.8 Å². The van der Waals surface area contributed by atoms with Crippen LogP contribution in [0, 0.1) is 11.8 Å². The van der Waals surface area contributed by atoms with E-state index >= 15 is 0 Å². The summed E-state index contributed by atoms with van der Waals surface area (Å²) in [6, 6.07) is 0.0856. The van der Waals surface area contributed by atoms with Crippen LogP contribution in [-0.4, -0.2) is 29.6 Å². The summed E-state index contributed by atoms with van der Waals surface area (Å²) in [6.45, 7) is 7.72. The second-order valence-corrected chi connectivity index (χ2v) is 6.90. The first-order valence-corrected chi connectivity index (χ1v) is 8.72. The zero-order chi connectivity index (χ0) is 14.5. The van der Waals surface area contributed by atoms with Crippen LogP contribution in [0.25, 0.3) is 0 Å². The van der Waals surface area contributed by atoms with Gasteiger partial charge in [0.25, 0.3) is 0 Å². The Morgan fingerprint density at radius 1 is 1.20 bits per heavy atom. The summed E-state index contributed by atoms with van der Waals surface area (Å²) in [5.74, 6) is 1.98. The molecule has 0 aromatic carbocycles. The van der Waals surface area contributed by atoms with Crippen molar-refractivity contribution in [2.75, 3.05) is 6.54 Å². The van der Waals surface area contributed by atoms with Crippen LogP contribution in [-0.2, 0) is 4.79 Å². The number of nitrogens with zero attached hydrogens (tertiary/aromatic N) is 1. The summed E-state index contributed by atoms with van der Waals surface area (Å²) in [5, 5.41) is 3.55. The Morgan fingerprint density at radius 3 is 2.50 bits per heavy atom. The molecule has 0 aromatic heterocycles. The maximum absolute atomic E-state index is 12.6. The van der Waals surface area contributed by atoms with Crippen molar-refractivity contribution in [3.8, 4) is 0 Å². The van der Waals surface area contributed by atoms with E-state index in [0.717, 1.165) is 37.6 Å². The van der Waals surface area contributed by atoms with Gasteiger partial charge < -0.3 is 4.90 Å². The molecule has 1 aliphatic carbocycles. The summed E-state index contributed by atoms with van der Waals surface area (Å²) in [4.78, 5) is 14.7. The minimum atomic E-state index is 0.0856. The number of amides is 1. The van der Waals surface area contributed by atoms with Gasteiger partial charge in [0.05, 0.1) is 12.2 Å². The summed E-state index contributed by atoms with van der Waals surface area (Å²) < 4.78 is 0. The topological polar surface area (TPSA) is 32.3 Å². The smallest absolute Gasteiger partial charge is 0.241 e. The van der Waals surface area contributed by atoms with Gasteiger partial charge in [0.2, 0.25) is 5.91 Å². The van der Waals surface area contributed by atoms with Crippen LogP contribution in [0.5, 0.6) is 0 Å². The zero-order valence-corrected chi connectivity index (χ0v) is 13.5. The van der Waals surface area contributed by atoms with E-state index in [1.807, 2.05) is 0 Å². The first-order chi connectivity index (χ1) is 9.65. The van der Waals surface area contributed by atoms with E-state index in [9.17, 15) is 4.79 Å². The lowest BCUT2D eigenvalue weighted by atomic mass is 9.83. The molecule has 2 rings (SSSR count). The lowest BCUT2D eigenvalue weighted by Gasteiger charge is -2.32. The van der Waals surface area contributed by atoms with Gasteiger partial charge in [-0.3, -0.25) is 10.1 Å². The molecule has 2 aliphatic rings.